The van der Waals surface area contributed by atoms with Crippen molar-refractivity contribution in [2.24, 2.45) is 23.7 Å². The van der Waals surface area contributed by atoms with Crippen LogP contribution in [0.3, 0.4) is 0 Å². The Labute approximate surface area is 209 Å². The fraction of sp³-hybridized carbons (Fsp3) is 0.483. The molecular formula is C29H38N4O2. The quantitative estimate of drug-likeness (QED) is 0.351. The van der Waals surface area contributed by atoms with E-state index in [0.717, 1.165) is 49.4 Å². The summed E-state index contributed by atoms with van der Waals surface area (Å²) in [5.74, 6) is 4.32. The van der Waals surface area contributed by atoms with Gasteiger partial charge in [-0.2, -0.15) is 0 Å². The molecule has 0 saturated carbocycles. The molecule has 3 aromatic rings. The molecule has 0 bridgehead atoms. The van der Waals surface area contributed by atoms with E-state index in [4.69, 9.17) is 9.15 Å². The maximum absolute atomic E-state index is 6.05. The third-order valence-corrected chi connectivity index (χ3v) is 7.31. The Balaban J connectivity index is 1.39. The fourth-order valence-corrected chi connectivity index (χ4v) is 5.19. The molecule has 0 fully saturated rings. The second kappa shape index (κ2) is 11.6. The summed E-state index contributed by atoms with van der Waals surface area (Å²) >= 11 is 0. The molecule has 0 spiro atoms. The molecule has 1 aliphatic carbocycles. The first-order chi connectivity index (χ1) is 16.9. The number of ether oxygens (including phenoxy) is 1. The van der Waals surface area contributed by atoms with Gasteiger partial charge in [-0.15, -0.1) is 10.2 Å². The van der Waals surface area contributed by atoms with Gasteiger partial charge < -0.3 is 14.1 Å². The maximum atomic E-state index is 6.05. The van der Waals surface area contributed by atoms with Crippen molar-refractivity contribution in [2.75, 3.05) is 27.2 Å². The number of benzene rings is 1. The molecule has 3 atom stereocenters. The summed E-state index contributed by atoms with van der Waals surface area (Å²) in [7, 11) is 3.89. The SMILES string of the molecule is COc1ccc(-c2nnc(CC3CC(C(C)C)C(CN(C)CCc4ccccn4)C=C3C)o2)cc1. The second-order valence-corrected chi connectivity index (χ2v) is 10.2. The first-order valence-electron chi connectivity index (χ1n) is 12.7. The molecule has 0 N–H and O–H groups in total. The smallest absolute Gasteiger partial charge is 0.247 e. The highest BCUT2D eigenvalue weighted by atomic mass is 16.5. The Morgan fingerprint density at radius 3 is 2.60 bits per heavy atom. The van der Waals surface area contributed by atoms with E-state index in [-0.39, 0.29) is 0 Å². The Hall–Kier alpha value is -2.99. The summed E-state index contributed by atoms with van der Waals surface area (Å²) in [4.78, 5) is 6.92. The average Bonchev–Trinajstić information content (AvgIpc) is 3.33. The molecule has 2 heterocycles. The molecule has 0 saturated heterocycles. The normalized spacial score (nSPS) is 20.3. The third kappa shape index (κ3) is 6.57. The Kier molecular flexibility index (Phi) is 8.34. The van der Waals surface area contributed by atoms with Gasteiger partial charge in [-0.1, -0.05) is 31.6 Å². The molecule has 0 amide bonds. The number of hydrogen-bond donors (Lipinski definition) is 0. The summed E-state index contributed by atoms with van der Waals surface area (Å²) in [5, 5.41) is 8.66. The Bertz CT molecular complexity index is 1090. The largest absolute Gasteiger partial charge is 0.497 e. The average molecular weight is 475 g/mol. The highest BCUT2D eigenvalue weighted by Gasteiger charge is 2.33. The van der Waals surface area contributed by atoms with E-state index in [0.29, 0.717) is 35.5 Å². The van der Waals surface area contributed by atoms with E-state index in [1.54, 1.807) is 7.11 Å². The van der Waals surface area contributed by atoms with E-state index in [1.165, 1.54) is 5.57 Å². The van der Waals surface area contributed by atoms with Crippen molar-refractivity contribution in [1.29, 1.82) is 0 Å². The molecule has 0 aliphatic heterocycles. The van der Waals surface area contributed by atoms with Crippen molar-refractivity contribution in [2.45, 2.75) is 40.0 Å². The lowest BCUT2D eigenvalue weighted by atomic mass is 9.69. The van der Waals surface area contributed by atoms with Gasteiger partial charge in [0.25, 0.3) is 0 Å². The van der Waals surface area contributed by atoms with E-state index in [9.17, 15) is 0 Å². The summed E-state index contributed by atoms with van der Waals surface area (Å²) < 4.78 is 11.3. The number of nitrogens with zero attached hydrogens (tertiary/aromatic N) is 4. The zero-order chi connectivity index (χ0) is 24.8. The number of aromatic nitrogens is 3. The lowest BCUT2D eigenvalue weighted by Crippen LogP contribution is -2.36. The van der Waals surface area contributed by atoms with Crippen LogP contribution in [0.15, 0.2) is 64.7 Å². The van der Waals surface area contributed by atoms with Gasteiger partial charge in [0, 0.05) is 43.4 Å². The van der Waals surface area contributed by atoms with Crippen LogP contribution in [-0.2, 0) is 12.8 Å². The number of likely N-dealkylation sites (N-methyl/N-ethyl adjacent to an activating group) is 1. The van der Waals surface area contributed by atoms with Gasteiger partial charge in [-0.3, -0.25) is 4.98 Å². The minimum absolute atomic E-state index is 0.432. The Morgan fingerprint density at radius 1 is 1.11 bits per heavy atom. The first-order valence-corrected chi connectivity index (χ1v) is 12.7. The van der Waals surface area contributed by atoms with Gasteiger partial charge in [0.05, 0.1) is 7.11 Å². The standard InChI is InChI=1S/C29H38N4O2/c1-20(2)27-17-23(18-28-31-32-29(35-28)22-9-11-26(34-5)12-10-22)21(3)16-24(27)19-33(4)15-13-25-8-6-7-14-30-25/h6-12,14,16,20,23-24,27H,13,15,17-19H2,1-5H3. The summed E-state index contributed by atoms with van der Waals surface area (Å²) in [6.07, 6.45) is 7.31. The van der Waals surface area contributed by atoms with Crippen LogP contribution in [0.25, 0.3) is 11.5 Å². The number of pyridine rings is 1. The third-order valence-electron chi connectivity index (χ3n) is 7.31. The topological polar surface area (TPSA) is 64.3 Å². The van der Waals surface area contributed by atoms with Crippen molar-refractivity contribution >= 4 is 0 Å². The summed E-state index contributed by atoms with van der Waals surface area (Å²) in [5.41, 5.74) is 3.51. The molecule has 1 aromatic carbocycles. The molecular weight excluding hydrogens is 436 g/mol. The van der Waals surface area contributed by atoms with E-state index >= 15 is 0 Å². The van der Waals surface area contributed by atoms with Gasteiger partial charge in [0.1, 0.15) is 5.75 Å². The van der Waals surface area contributed by atoms with Gasteiger partial charge in [0.15, 0.2) is 0 Å². The molecule has 2 aromatic heterocycles. The lowest BCUT2D eigenvalue weighted by Gasteiger charge is -2.38. The van der Waals surface area contributed by atoms with Gasteiger partial charge in [-0.25, -0.2) is 0 Å². The maximum Gasteiger partial charge on any atom is 0.247 e. The van der Waals surface area contributed by atoms with Crippen molar-refractivity contribution in [3.63, 3.8) is 0 Å². The minimum Gasteiger partial charge on any atom is -0.497 e. The van der Waals surface area contributed by atoms with Crippen LogP contribution in [0.1, 0.15) is 38.8 Å². The van der Waals surface area contributed by atoms with Gasteiger partial charge in [-0.05, 0) is 80.5 Å². The zero-order valence-corrected chi connectivity index (χ0v) is 21.6. The van der Waals surface area contributed by atoms with Crippen LogP contribution in [-0.4, -0.2) is 47.3 Å². The predicted molar refractivity (Wildman–Crippen MR) is 139 cm³/mol. The lowest BCUT2D eigenvalue weighted by molar-refractivity contribution is 0.176. The van der Waals surface area contributed by atoms with Gasteiger partial charge in [0.2, 0.25) is 11.8 Å². The van der Waals surface area contributed by atoms with Crippen molar-refractivity contribution in [3.8, 4) is 17.2 Å². The predicted octanol–water partition coefficient (Wildman–Crippen LogP) is 5.71. The molecule has 4 rings (SSSR count). The van der Waals surface area contributed by atoms with Crippen LogP contribution in [0, 0.1) is 23.7 Å². The highest BCUT2D eigenvalue weighted by molar-refractivity contribution is 5.53. The van der Waals surface area contributed by atoms with Crippen molar-refractivity contribution < 1.29 is 9.15 Å². The van der Waals surface area contributed by atoms with E-state index < -0.39 is 0 Å². The first kappa shape index (κ1) is 25.1. The van der Waals surface area contributed by atoms with Crippen molar-refractivity contribution in [3.05, 3.63) is 71.9 Å². The van der Waals surface area contributed by atoms with Crippen LogP contribution < -0.4 is 4.74 Å². The van der Waals surface area contributed by atoms with Crippen molar-refractivity contribution in [1.82, 2.24) is 20.1 Å². The zero-order valence-electron chi connectivity index (χ0n) is 21.6. The molecule has 3 unspecified atom stereocenters. The van der Waals surface area contributed by atoms with Gasteiger partial charge >= 0.3 is 0 Å². The number of allylic oxidation sites excluding steroid dienone is 1. The molecule has 0 radical (unpaired) electrons. The van der Waals surface area contributed by atoms with Crippen LogP contribution >= 0.6 is 0 Å². The fourth-order valence-electron chi connectivity index (χ4n) is 5.19. The molecule has 6 nitrogen and oxygen atoms in total. The second-order valence-electron chi connectivity index (χ2n) is 10.2. The number of rotatable bonds is 10. The van der Waals surface area contributed by atoms with Crippen LogP contribution in [0.2, 0.25) is 0 Å². The molecule has 6 heteroatoms. The molecule has 35 heavy (non-hydrogen) atoms. The number of hydrogen-bond acceptors (Lipinski definition) is 6. The minimum atomic E-state index is 0.432. The Morgan fingerprint density at radius 2 is 1.91 bits per heavy atom. The molecule has 186 valence electrons. The number of methoxy groups -OCH3 is 1. The van der Waals surface area contributed by atoms with Crippen LogP contribution in [0.4, 0.5) is 0 Å². The monoisotopic (exact) mass is 474 g/mol. The van der Waals surface area contributed by atoms with E-state index in [1.807, 2.05) is 36.5 Å². The van der Waals surface area contributed by atoms with E-state index in [2.05, 4.69) is 66.1 Å². The summed E-state index contributed by atoms with van der Waals surface area (Å²) in [6.45, 7) is 9.06. The molecule has 1 aliphatic rings. The van der Waals surface area contributed by atoms with Crippen LogP contribution in [0.5, 0.6) is 5.75 Å². The highest BCUT2D eigenvalue weighted by Crippen LogP contribution is 2.39. The summed E-state index contributed by atoms with van der Waals surface area (Å²) in [6, 6.07) is 13.9.